The van der Waals surface area contributed by atoms with Crippen molar-refractivity contribution in [3.63, 3.8) is 0 Å². The van der Waals surface area contributed by atoms with Gasteiger partial charge in [0.2, 0.25) is 0 Å². The molecule has 0 aliphatic heterocycles. The summed E-state index contributed by atoms with van der Waals surface area (Å²) in [5, 5.41) is 2.65. The van der Waals surface area contributed by atoms with E-state index in [-0.39, 0.29) is 5.56 Å². The average Bonchev–Trinajstić information content (AvgIpc) is 2.82. The minimum Gasteiger partial charge on any atom is -0.497 e. The summed E-state index contributed by atoms with van der Waals surface area (Å²) in [4.78, 5) is 38.6. The van der Waals surface area contributed by atoms with E-state index in [1.54, 1.807) is 48.1 Å². The molecule has 166 valence electrons. The highest BCUT2D eigenvalue weighted by molar-refractivity contribution is 5.97. The van der Waals surface area contributed by atoms with Crippen molar-refractivity contribution in [2.75, 3.05) is 14.2 Å². The Hall–Kier alpha value is -3.87. The zero-order valence-corrected chi connectivity index (χ0v) is 18.5. The highest BCUT2D eigenvalue weighted by atomic mass is 16.5. The van der Waals surface area contributed by atoms with Crippen molar-refractivity contribution in [3.05, 3.63) is 99.0 Å². The van der Waals surface area contributed by atoms with Crippen LogP contribution in [0, 0.1) is 13.8 Å². The molecule has 1 amide bonds. The van der Waals surface area contributed by atoms with Crippen molar-refractivity contribution in [3.8, 4) is 5.75 Å². The molecule has 2 aromatic carbocycles. The fraction of sp³-hybridized carbons (Fsp3) is 0.240. The summed E-state index contributed by atoms with van der Waals surface area (Å²) in [7, 11) is 2.84. The number of hydrogen-bond acceptors (Lipinski definition) is 5. The standard InChI is InChI=1S/C25H26N2O5/c1-16-14-21(23(28)26-22(25(30)32-4)19-8-6-5-7-9-19)24(29)27(17(16)2)15-18-10-12-20(31-3)13-11-18/h5-14,22H,15H2,1-4H3,(H,26,28). The van der Waals surface area contributed by atoms with Gasteiger partial charge in [-0.2, -0.15) is 0 Å². The number of esters is 1. The molecule has 1 N–H and O–H groups in total. The molecule has 7 nitrogen and oxygen atoms in total. The number of methoxy groups -OCH3 is 2. The molecule has 3 rings (SSSR count). The molecular formula is C25H26N2O5. The fourth-order valence-electron chi connectivity index (χ4n) is 3.41. The fourth-order valence-corrected chi connectivity index (χ4v) is 3.41. The second-order valence-electron chi connectivity index (χ2n) is 7.41. The molecule has 1 atom stereocenters. The second-order valence-corrected chi connectivity index (χ2v) is 7.41. The smallest absolute Gasteiger partial charge is 0.333 e. The van der Waals surface area contributed by atoms with Crippen LogP contribution < -0.4 is 15.6 Å². The zero-order valence-electron chi connectivity index (χ0n) is 18.5. The molecule has 0 bridgehead atoms. The number of aryl methyl sites for hydroxylation is 1. The Labute approximate surface area is 186 Å². The summed E-state index contributed by atoms with van der Waals surface area (Å²) in [5.41, 5.74) is 2.54. The maximum absolute atomic E-state index is 13.2. The van der Waals surface area contributed by atoms with Crippen LogP contribution in [0.1, 0.15) is 38.8 Å². The molecule has 0 aliphatic rings. The van der Waals surface area contributed by atoms with Crippen LogP contribution >= 0.6 is 0 Å². The third kappa shape index (κ3) is 4.88. The SMILES string of the molecule is COC(=O)C(NC(=O)c1cc(C)c(C)n(Cc2ccc(OC)cc2)c1=O)c1ccccc1. The molecule has 32 heavy (non-hydrogen) atoms. The monoisotopic (exact) mass is 434 g/mol. The molecule has 1 aromatic heterocycles. The van der Waals surface area contributed by atoms with Crippen molar-refractivity contribution >= 4 is 11.9 Å². The van der Waals surface area contributed by atoms with Gasteiger partial charge < -0.3 is 19.4 Å². The first kappa shape index (κ1) is 22.8. The van der Waals surface area contributed by atoms with Gasteiger partial charge >= 0.3 is 5.97 Å². The number of carbonyl (C=O) groups is 2. The number of amides is 1. The lowest BCUT2D eigenvalue weighted by Gasteiger charge is -2.18. The summed E-state index contributed by atoms with van der Waals surface area (Å²) >= 11 is 0. The molecule has 0 aliphatic carbocycles. The van der Waals surface area contributed by atoms with Gasteiger partial charge in [0.05, 0.1) is 20.8 Å². The molecule has 0 saturated carbocycles. The van der Waals surface area contributed by atoms with E-state index in [1.165, 1.54) is 7.11 Å². The number of benzene rings is 2. The number of rotatable bonds is 7. The summed E-state index contributed by atoms with van der Waals surface area (Å²) in [6.07, 6.45) is 0. The van der Waals surface area contributed by atoms with Crippen LogP contribution in [0.2, 0.25) is 0 Å². The minimum absolute atomic E-state index is 0.0357. The number of hydrogen-bond donors (Lipinski definition) is 1. The number of nitrogens with one attached hydrogen (secondary N) is 1. The molecule has 7 heteroatoms. The van der Waals surface area contributed by atoms with E-state index in [0.29, 0.717) is 12.1 Å². The summed E-state index contributed by atoms with van der Waals surface area (Å²) in [5.74, 6) is -0.537. The molecule has 1 heterocycles. The van der Waals surface area contributed by atoms with E-state index < -0.39 is 23.5 Å². The van der Waals surface area contributed by atoms with Crippen molar-refractivity contribution in [2.24, 2.45) is 0 Å². The third-order valence-electron chi connectivity index (χ3n) is 5.40. The van der Waals surface area contributed by atoms with Gasteiger partial charge in [-0.1, -0.05) is 42.5 Å². The number of nitrogens with zero attached hydrogens (tertiary/aromatic N) is 1. The van der Waals surface area contributed by atoms with Gasteiger partial charge in [0.25, 0.3) is 11.5 Å². The second kappa shape index (κ2) is 9.96. The first-order chi connectivity index (χ1) is 15.3. The van der Waals surface area contributed by atoms with Crippen molar-refractivity contribution < 1.29 is 19.1 Å². The van der Waals surface area contributed by atoms with Crippen LogP contribution in [0.15, 0.2) is 65.5 Å². The Morgan fingerprint density at radius 2 is 1.66 bits per heavy atom. The van der Waals surface area contributed by atoms with E-state index >= 15 is 0 Å². The van der Waals surface area contributed by atoms with Crippen LogP contribution in [-0.4, -0.2) is 30.7 Å². The van der Waals surface area contributed by atoms with Gasteiger partial charge in [0.1, 0.15) is 11.3 Å². The molecule has 3 aromatic rings. The summed E-state index contributed by atoms with van der Waals surface area (Å²) < 4.78 is 11.6. The van der Waals surface area contributed by atoms with E-state index in [0.717, 1.165) is 22.6 Å². The van der Waals surface area contributed by atoms with Gasteiger partial charge in [-0.25, -0.2) is 4.79 Å². The molecule has 0 fully saturated rings. The molecule has 1 unspecified atom stereocenters. The normalized spacial score (nSPS) is 11.5. The van der Waals surface area contributed by atoms with Gasteiger partial charge in [0, 0.05) is 5.69 Å². The molecule has 0 saturated heterocycles. The lowest BCUT2D eigenvalue weighted by molar-refractivity contribution is -0.143. The lowest BCUT2D eigenvalue weighted by atomic mass is 10.1. The number of pyridine rings is 1. The predicted molar refractivity (Wildman–Crippen MR) is 121 cm³/mol. The lowest BCUT2D eigenvalue weighted by Crippen LogP contribution is -2.39. The average molecular weight is 434 g/mol. The molecule has 0 spiro atoms. The third-order valence-corrected chi connectivity index (χ3v) is 5.40. The van der Waals surface area contributed by atoms with Crippen LogP contribution in [0.5, 0.6) is 5.75 Å². The predicted octanol–water partition coefficient (Wildman–Crippen LogP) is 3.17. The molecular weight excluding hydrogens is 408 g/mol. The largest absolute Gasteiger partial charge is 0.497 e. The first-order valence-corrected chi connectivity index (χ1v) is 10.1. The Balaban J connectivity index is 1.95. The maximum Gasteiger partial charge on any atom is 0.333 e. The zero-order chi connectivity index (χ0) is 23.3. The Morgan fingerprint density at radius 1 is 1.00 bits per heavy atom. The van der Waals surface area contributed by atoms with E-state index in [1.807, 2.05) is 38.1 Å². The number of carbonyl (C=O) groups excluding carboxylic acids is 2. The highest BCUT2D eigenvalue weighted by Crippen LogP contribution is 2.17. The summed E-state index contributed by atoms with van der Waals surface area (Å²) in [6.45, 7) is 3.98. The quantitative estimate of drug-likeness (QED) is 0.577. The van der Waals surface area contributed by atoms with Crippen LogP contribution in [0.25, 0.3) is 0 Å². The first-order valence-electron chi connectivity index (χ1n) is 10.1. The minimum atomic E-state index is -1.02. The van der Waals surface area contributed by atoms with Crippen molar-refractivity contribution in [2.45, 2.75) is 26.4 Å². The Bertz CT molecular complexity index is 1170. The molecule has 0 radical (unpaired) electrons. The Morgan fingerprint density at radius 3 is 2.25 bits per heavy atom. The van der Waals surface area contributed by atoms with Crippen molar-refractivity contribution in [1.29, 1.82) is 0 Å². The number of ether oxygens (including phenoxy) is 2. The van der Waals surface area contributed by atoms with Gasteiger partial charge in [0.15, 0.2) is 6.04 Å². The van der Waals surface area contributed by atoms with E-state index in [9.17, 15) is 14.4 Å². The highest BCUT2D eigenvalue weighted by Gasteiger charge is 2.26. The Kier molecular flexibility index (Phi) is 7.10. The van der Waals surface area contributed by atoms with Crippen LogP contribution in [-0.2, 0) is 16.1 Å². The number of aromatic nitrogens is 1. The maximum atomic E-state index is 13.2. The van der Waals surface area contributed by atoms with E-state index in [4.69, 9.17) is 9.47 Å². The van der Waals surface area contributed by atoms with Crippen LogP contribution in [0.3, 0.4) is 0 Å². The van der Waals surface area contributed by atoms with Crippen molar-refractivity contribution in [1.82, 2.24) is 9.88 Å². The summed E-state index contributed by atoms with van der Waals surface area (Å²) in [6, 6.07) is 16.7. The van der Waals surface area contributed by atoms with Gasteiger partial charge in [-0.15, -0.1) is 0 Å². The van der Waals surface area contributed by atoms with E-state index in [2.05, 4.69) is 5.32 Å². The van der Waals surface area contributed by atoms with Crippen LogP contribution in [0.4, 0.5) is 0 Å². The topological polar surface area (TPSA) is 86.6 Å². The van der Waals surface area contributed by atoms with Gasteiger partial charge in [-0.3, -0.25) is 9.59 Å². The van der Waals surface area contributed by atoms with Gasteiger partial charge in [-0.05, 0) is 48.7 Å².